The lowest BCUT2D eigenvalue weighted by atomic mass is 9.96. The van der Waals surface area contributed by atoms with E-state index in [4.69, 9.17) is 9.47 Å². The Morgan fingerprint density at radius 2 is 2.12 bits per heavy atom. The number of ether oxygens (including phenoxy) is 2. The second-order valence-corrected chi connectivity index (χ2v) is 6.15. The molecule has 2 atom stereocenters. The molecule has 0 N–H and O–H groups in total. The first-order valence-electron chi connectivity index (χ1n) is 8.66. The highest BCUT2D eigenvalue weighted by Gasteiger charge is 2.32. The van der Waals surface area contributed by atoms with Crippen molar-refractivity contribution < 1.29 is 14.3 Å². The van der Waals surface area contributed by atoms with Crippen LogP contribution in [0, 0.1) is 5.92 Å². The van der Waals surface area contributed by atoms with E-state index in [2.05, 4.69) is 4.98 Å². The fourth-order valence-electron chi connectivity index (χ4n) is 3.31. The van der Waals surface area contributed by atoms with Gasteiger partial charge in [0.1, 0.15) is 5.75 Å². The van der Waals surface area contributed by atoms with Gasteiger partial charge in [-0.2, -0.15) is 0 Å². The number of carbonyl (C=O) groups is 1. The van der Waals surface area contributed by atoms with Gasteiger partial charge in [0.25, 0.3) is 0 Å². The second-order valence-electron chi connectivity index (χ2n) is 6.15. The Bertz CT molecular complexity index is 682. The first kappa shape index (κ1) is 17.4. The fourth-order valence-corrected chi connectivity index (χ4v) is 3.31. The van der Waals surface area contributed by atoms with Crippen LogP contribution in [-0.2, 0) is 9.53 Å². The zero-order valence-corrected chi connectivity index (χ0v) is 14.7. The lowest BCUT2D eigenvalue weighted by Crippen LogP contribution is -2.39. The van der Waals surface area contributed by atoms with Crippen LogP contribution in [0.5, 0.6) is 5.75 Å². The van der Waals surface area contributed by atoms with E-state index >= 15 is 0 Å². The molecule has 1 aromatic heterocycles. The largest absolute Gasteiger partial charge is 0.497 e. The van der Waals surface area contributed by atoms with Crippen molar-refractivity contribution in [2.75, 3.05) is 26.9 Å². The Balaban J connectivity index is 1.98. The second kappa shape index (κ2) is 8.12. The maximum atomic E-state index is 13.1. The number of amides is 1. The summed E-state index contributed by atoms with van der Waals surface area (Å²) in [5, 5.41) is 0. The van der Waals surface area contributed by atoms with Crippen molar-refractivity contribution in [2.45, 2.75) is 19.4 Å². The molecular weight excluding hydrogens is 316 g/mol. The van der Waals surface area contributed by atoms with Gasteiger partial charge in [-0.15, -0.1) is 0 Å². The third-order valence-electron chi connectivity index (χ3n) is 4.65. The molecule has 0 spiro atoms. The number of pyridine rings is 1. The molecule has 0 saturated carbocycles. The zero-order valence-electron chi connectivity index (χ0n) is 14.7. The van der Waals surface area contributed by atoms with Crippen LogP contribution < -0.4 is 4.74 Å². The Morgan fingerprint density at radius 3 is 2.68 bits per heavy atom. The van der Waals surface area contributed by atoms with Crippen LogP contribution >= 0.6 is 0 Å². The predicted octanol–water partition coefficient (Wildman–Crippen LogP) is 3.06. The summed E-state index contributed by atoms with van der Waals surface area (Å²) in [5.74, 6) is 0.884. The van der Waals surface area contributed by atoms with E-state index < -0.39 is 0 Å². The lowest BCUT2D eigenvalue weighted by molar-refractivity contribution is -0.137. The Morgan fingerprint density at radius 1 is 1.32 bits per heavy atom. The Hall–Kier alpha value is -2.40. The van der Waals surface area contributed by atoms with Crippen LogP contribution in [0.2, 0.25) is 0 Å². The van der Waals surface area contributed by atoms with Crippen molar-refractivity contribution in [1.29, 1.82) is 0 Å². The van der Waals surface area contributed by atoms with Gasteiger partial charge in [-0.25, -0.2) is 0 Å². The molecular formula is C20H24N2O3. The summed E-state index contributed by atoms with van der Waals surface area (Å²) in [6.45, 7) is 3.81. The number of nitrogens with zero attached hydrogens (tertiary/aromatic N) is 2. The zero-order chi connectivity index (χ0) is 17.6. The smallest absolute Gasteiger partial charge is 0.228 e. The molecule has 1 amide bonds. The lowest BCUT2D eigenvalue weighted by Gasteiger charge is -2.33. The van der Waals surface area contributed by atoms with Crippen molar-refractivity contribution >= 4 is 5.91 Å². The van der Waals surface area contributed by atoms with Crippen molar-refractivity contribution in [3.63, 3.8) is 0 Å². The van der Waals surface area contributed by atoms with E-state index in [0.717, 1.165) is 23.3 Å². The number of aromatic nitrogens is 1. The summed E-state index contributed by atoms with van der Waals surface area (Å²) in [6.07, 6.45) is 4.37. The maximum Gasteiger partial charge on any atom is 0.228 e. The molecule has 1 aliphatic rings. The van der Waals surface area contributed by atoms with Gasteiger partial charge in [-0.3, -0.25) is 9.78 Å². The number of hydrogen-bond donors (Lipinski definition) is 0. The van der Waals surface area contributed by atoms with Gasteiger partial charge in [0.05, 0.1) is 25.7 Å². The van der Waals surface area contributed by atoms with E-state index in [0.29, 0.717) is 19.8 Å². The standard InChI is InChI=1S/C20H24N2O3/c1-3-22(20(23)17-10-12-25-14-17)19(16-5-4-11-21-13-16)15-6-8-18(24-2)9-7-15/h4-9,11,13,17,19H,3,10,12,14H2,1-2H3/t17-,19-/m0/s1. The average molecular weight is 340 g/mol. The number of methoxy groups -OCH3 is 1. The van der Waals surface area contributed by atoms with Crippen molar-refractivity contribution in [2.24, 2.45) is 5.92 Å². The summed E-state index contributed by atoms with van der Waals surface area (Å²) >= 11 is 0. The molecule has 5 nitrogen and oxygen atoms in total. The van der Waals surface area contributed by atoms with Crippen molar-refractivity contribution in [3.05, 3.63) is 59.9 Å². The molecule has 0 unspecified atom stereocenters. The van der Waals surface area contributed by atoms with Crippen LogP contribution in [0.15, 0.2) is 48.8 Å². The van der Waals surface area contributed by atoms with Gasteiger partial charge in [0, 0.05) is 25.5 Å². The first-order chi connectivity index (χ1) is 12.2. The molecule has 5 heteroatoms. The van der Waals surface area contributed by atoms with Crippen LogP contribution in [-0.4, -0.2) is 42.7 Å². The third kappa shape index (κ3) is 3.82. The molecule has 1 aromatic carbocycles. The summed E-state index contributed by atoms with van der Waals surface area (Å²) < 4.78 is 10.7. The van der Waals surface area contributed by atoms with Gasteiger partial charge < -0.3 is 14.4 Å². The van der Waals surface area contributed by atoms with Gasteiger partial charge in [0.15, 0.2) is 0 Å². The molecule has 0 aliphatic carbocycles. The molecule has 132 valence electrons. The molecule has 0 bridgehead atoms. The van der Waals surface area contributed by atoms with Crippen molar-refractivity contribution in [3.8, 4) is 5.75 Å². The summed E-state index contributed by atoms with van der Waals surface area (Å²) in [5.41, 5.74) is 2.05. The maximum absolute atomic E-state index is 13.1. The van der Waals surface area contributed by atoms with Gasteiger partial charge in [-0.1, -0.05) is 18.2 Å². The minimum absolute atomic E-state index is 0.0580. The van der Waals surface area contributed by atoms with E-state index in [9.17, 15) is 4.79 Å². The quantitative estimate of drug-likeness (QED) is 0.811. The molecule has 0 radical (unpaired) electrons. The summed E-state index contributed by atoms with van der Waals surface area (Å²) in [7, 11) is 1.65. The molecule has 25 heavy (non-hydrogen) atoms. The molecule has 1 aliphatic heterocycles. The van der Waals surface area contributed by atoms with Gasteiger partial charge >= 0.3 is 0 Å². The fraction of sp³-hybridized carbons (Fsp3) is 0.400. The van der Waals surface area contributed by atoms with Crippen LogP contribution in [0.3, 0.4) is 0 Å². The molecule has 2 aromatic rings. The van der Waals surface area contributed by atoms with E-state index in [1.807, 2.05) is 54.4 Å². The van der Waals surface area contributed by atoms with E-state index in [1.54, 1.807) is 13.3 Å². The van der Waals surface area contributed by atoms with Crippen LogP contribution in [0.4, 0.5) is 0 Å². The molecule has 1 fully saturated rings. The number of carbonyl (C=O) groups excluding carboxylic acids is 1. The highest BCUT2D eigenvalue weighted by molar-refractivity contribution is 5.80. The number of benzene rings is 1. The van der Waals surface area contributed by atoms with Gasteiger partial charge in [-0.05, 0) is 42.7 Å². The SMILES string of the molecule is CCN(C(=O)[C@H]1CCOC1)[C@@H](c1ccc(OC)cc1)c1cccnc1. The Kier molecular flexibility index (Phi) is 5.66. The highest BCUT2D eigenvalue weighted by atomic mass is 16.5. The first-order valence-corrected chi connectivity index (χ1v) is 8.66. The van der Waals surface area contributed by atoms with Gasteiger partial charge in [0.2, 0.25) is 5.91 Å². The normalized spacial score (nSPS) is 17.9. The number of hydrogen-bond acceptors (Lipinski definition) is 4. The molecule has 2 heterocycles. The van der Waals surface area contributed by atoms with Crippen molar-refractivity contribution in [1.82, 2.24) is 9.88 Å². The summed E-state index contributed by atoms with van der Waals surface area (Å²) in [6, 6.07) is 11.6. The highest BCUT2D eigenvalue weighted by Crippen LogP contribution is 2.31. The minimum atomic E-state index is -0.169. The number of rotatable bonds is 6. The van der Waals surface area contributed by atoms with Crippen LogP contribution in [0.25, 0.3) is 0 Å². The topological polar surface area (TPSA) is 51.7 Å². The van der Waals surface area contributed by atoms with E-state index in [-0.39, 0.29) is 17.9 Å². The molecule has 1 saturated heterocycles. The minimum Gasteiger partial charge on any atom is -0.497 e. The Labute approximate surface area is 148 Å². The summed E-state index contributed by atoms with van der Waals surface area (Å²) in [4.78, 5) is 19.3. The predicted molar refractivity (Wildman–Crippen MR) is 95.4 cm³/mol. The monoisotopic (exact) mass is 340 g/mol. The molecule has 3 rings (SSSR count). The van der Waals surface area contributed by atoms with E-state index in [1.165, 1.54) is 0 Å². The van der Waals surface area contributed by atoms with Crippen LogP contribution in [0.1, 0.15) is 30.5 Å². The average Bonchev–Trinajstić information content (AvgIpc) is 3.21. The third-order valence-corrected chi connectivity index (χ3v) is 4.65.